The number of benzene rings is 2. The molecule has 0 aromatic heterocycles. The summed E-state index contributed by atoms with van der Waals surface area (Å²) in [6.45, 7) is 1.79. The molecule has 2 N–H and O–H groups in total. The molecule has 1 fully saturated rings. The monoisotopic (exact) mass is 445 g/mol. The second-order valence-electron chi connectivity index (χ2n) is 6.84. The van der Waals surface area contributed by atoms with Crippen molar-refractivity contribution in [3.63, 3.8) is 0 Å². The predicted molar refractivity (Wildman–Crippen MR) is 126 cm³/mol. The summed E-state index contributed by atoms with van der Waals surface area (Å²) in [5.41, 5.74) is 1.38. The van der Waals surface area contributed by atoms with Gasteiger partial charge in [0.1, 0.15) is 0 Å². The Morgan fingerprint density at radius 1 is 1.03 bits per heavy atom. The van der Waals surface area contributed by atoms with Gasteiger partial charge in [0.25, 0.3) is 0 Å². The van der Waals surface area contributed by atoms with Crippen LogP contribution in [0.5, 0.6) is 0 Å². The zero-order valence-electron chi connectivity index (χ0n) is 17.0. The number of hydrogen-bond acceptors (Lipinski definition) is 5. The molecule has 30 heavy (non-hydrogen) atoms. The van der Waals surface area contributed by atoms with Gasteiger partial charge in [-0.2, -0.15) is 0 Å². The lowest BCUT2D eigenvalue weighted by molar-refractivity contribution is -0.159. The van der Waals surface area contributed by atoms with E-state index in [1.54, 1.807) is 0 Å². The Hall–Kier alpha value is -2.14. The molecule has 1 heterocycles. The zero-order valence-corrected chi connectivity index (χ0v) is 18.7. The van der Waals surface area contributed by atoms with E-state index >= 15 is 0 Å². The molecule has 7 heteroatoms. The van der Waals surface area contributed by atoms with Gasteiger partial charge in [0.2, 0.25) is 0 Å². The summed E-state index contributed by atoms with van der Waals surface area (Å²) in [4.78, 5) is 20.5. The normalized spacial score (nSPS) is 13.8. The number of aliphatic carboxylic acids is 2. The molecule has 0 atom stereocenters. The molecule has 0 aliphatic carbocycles. The first-order valence-electron chi connectivity index (χ1n) is 9.77. The van der Waals surface area contributed by atoms with Crippen molar-refractivity contribution < 1.29 is 19.8 Å². The number of carboxylic acids is 2. The minimum Gasteiger partial charge on any atom is -0.473 e. The fourth-order valence-electron chi connectivity index (χ4n) is 2.95. The van der Waals surface area contributed by atoms with Crippen molar-refractivity contribution in [3.05, 3.63) is 48.0 Å². The van der Waals surface area contributed by atoms with Gasteiger partial charge in [-0.25, -0.2) is 9.59 Å². The van der Waals surface area contributed by atoms with Crippen molar-refractivity contribution in [1.29, 1.82) is 0 Å². The number of carbonyl (C=O) groups is 2. The second kappa shape index (κ2) is 13.2. The topological polar surface area (TPSA) is 77.8 Å². The summed E-state index contributed by atoms with van der Waals surface area (Å²) >= 11 is 4.23. The molecule has 0 saturated carbocycles. The highest BCUT2D eigenvalue weighted by molar-refractivity contribution is 8.17. The summed E-state index contributed by atoms with van der Waals surface area (Å²) in [6, 6.07) is 15.2. The lowest BCUT2D eigenvalue weighted by Gasteiger charge is -2.19. The molecule has 1 aliphatic heterocycles. The summed E-state index contributed by atoms with van der Waals surface area (Å²) < 4.78 is 0.779. The third-order valence-corrected chi connectivity index (χ3v) is 7.46. The standard InChI is InChI=1S/C21H25NS2.C2H2O4/c1-22(14-6-2-3-13-21-23-15-8-16-24-21)17-19-11-7-10-18-9-4-5-12-20(18)19;3-1(4)2(5)6/h4-5,7,9-12,21H,3,8,13-17H2,1H3;(H,3,4)(H,5,6). The number of nitrogens with zero attached hydrogens (tertiary/aromatic N) is 1. The fourth-order valence-corrected chi connectivity index (χ4v) is 5.81. The Bertz CT molecular complexity index is 883. The molecular formula is C23H27NO4S2. The van der Waals surface area contributed by atoms with Crippen molar-refractivity contribution in [2.24, 2.45) is 0 Å². The Labute approximate surface area is 186 Å². The predicted octanol–water partition coefficient (Wildman–Crippen LogP) is 4.41. The maximum absolute atomic E-state index is 9.10. The van der Waals surface area contributed by atoms with E-state index in [9.17, 15) is 0 Å². The molecule has 1 saturated heterocycles. The van der Waals surface area contributed by atoms with Gasteiger partial charge in [0, 0.05) is 13.0 Å². The zero-order chi connectivity index (χ0) is 21.8. The van der Waals surface area contributed by atoms with Crippen molar-refractivity contribution in [1.82, 2.24) is 4.90 Å². The molecule has 0 radical (unpaired) electrons. The van der Waals surface area contributed by atoms with Gasteiger partial charge in [-0.1, -0.05) is 48.4 Å². The smallest absolute Gasteiger partial charge is 0.414 e. The largest absolute Gasteiger partial charge is 0.473 e. The van der Waals surface area contributed by atoms with Crippen LogP contribution in [-0.4, -0.2) is 56.7 Å². The van der Waals surface area contributed by atoms with Gasteiger partial charge in [0.15, 0.2) is 0 Å². The molecule has 2 aromatic rings. The van der Waals surface area contributed by atoms with Crippen molar-refractivity contribution in [2.45, 2.75) is 30.4 Å². The number of hydrogen-bond donors (Lipinski definition) is 2. The van der Waals surface area contributed by atoms with Gasteiger partial charge < -0.3 is 10.2 Å². The van der Waals surface area contributed by atoms with Crippen LogP contribution in [0.2, 0.25) is 0 Å². The first-order chi connectivity index (χ1) is 14.5. The first kappa shape index (κ1) is 24.1. The van der Waals surface area contributed by atoms with Crippen LogP contribution in [0.1, 0.15) is 24.8 Å². The lowest BCUT2D eigenvalue weighted by Crippen LogP contribution is -2.18. The molecule has 0 spiro atoms. The number of carboxylic acid groups (broad SMARTS) is 2. The van der Waals surface area contributed by atoms with E-state index in [4.69, 9.17) is 19.8 Å². The van der Waals surface area contributed by atoms with Gasteiger partial charge in [0.05, 0.1) is 11.1 Å². The van der Waals surface area contributed by atoms with E-state index in [1.807, 2.05) is 0 Å². The van der Waals surface area contributed by atoms with Crippen molar-refractivity contribution in [2.75, 3.05) is 25.1 Å². The van der Waals surface area contributed by atoms with Crippen LogP contribution in [0.25, 0.3) is 10.8 Å². The SMILES string of the molecule is CN(CC#CCCC1SCCCS1)Cc1cccc2ccccc12.O=C(O)C(=O)O. The average Bonchev–Trinajstić information content (AvgIpc) is 2.75. The lowest BCUT2D eigenvalue weighted by atomic mass is 10.0. The molecule has 0 bridgehead atoms. The van der Waals surface area contributed by atoms with Crippen LogP contribution >= 0.6 is 23.5 Å². The molecule has 0 amide bonds. The summed E-state index contributed by atoms with van der Waals surface area (Å²) in [6.07, 6.45) is 3.64. The quantitative estimate of drug-likeness (QED) is 0.521. The van der Waals surface area contributed by atoms with Crippen molar-refractivity contribution in [3.8, 4) is 11.8 Å². The maximum atomic E-state index is 9.10. The van der Waals surface area contributed by atoms with Gasteiger partial charge in [-0.05, 0) is 47.7 Å². The molecule has 2 aromatic carbocycles. The Balaban J connectivity index is 0.000000469. The highest BCUT2D eigenvalue weighted by atomic mass is 32.2. The van der Waals surface area contributed by atoms with Crippen LogP contribution in [0.4, 0.5) is 0 Å². The Morgan fingerprint density at radius 3 is 2.40 bits per heavy atom. The van der Waals surface area contributed by atoms with E-state index in [0.717, 1.165) is 24.1 Å². The van der Waals surface area contributed by atoms with Gasteiger partial charge in [-0.3, -0.25) is 4.90 Å². The van der Waals surface area contributed by atoms with Crippen LogP contribution in [0.15, 0.2) is 42.5 Å². The third kappa shape index (κ3) is 8.70. The maximum Gasteiger partial charge on any atom is 0.414 e. The van der Waals surface area contributed by atoms with Crippen LogP contribution in [0.3, 0.4) is 0 Å². The average molecular weight is 446 g/mol. The van der Waals surface area contributed by atoms with E-state index in [1.165, 1.54) is 40.7 Å². The van der Waals surface area contributed by atoms with E-state index in [0.29, 0.717) is 0 Å². The molecular weight excluding hydrogens is 418 g/mol. The minimum absolute atomic E-state index is 0.779. The van der Waals surface area contributed by atoms with Gasteiger partial charge in [-0.15, -0.1) is 29.4 Å². The third-order valence-electron chi connectivity index (χ3n) is 4.38. The molecule has 1 aliphatic rings. The van der Waals surface area contributed by atoms with E-state index in [-0.39, 0.29) is 0 Å². The number of rotatable bonds is 5. The Kier molecular flexibility index (Phi) is 10.6. The molecule has 5 nitrogen and oxygen atoms in total. The number of thioether (sulfide) groups is 2. The summed E-state index contributed by atoms with van der Waals surface area (Å²) in [5.74, 6) is 5.73. The highest BCUT2D eigenvalue weighted by Gasteiger charge is 2.12. The van der Waals surface area contributed by atoms with Crippen molar-refractivity contribution >= 4 is 46.2 Å². The second-order valence-corrected chi connectivity index (χ2v) is 9.76. The van der Waals surface area contributed by atoms with E-state index in [2.05, 4.69) is 89.8 Å². The fraction of sp³-hybridized carbons (Fsp3) is 0.391. The Morgan fingerprint density at radius 2 is 1.70 bits per heavy atom. The van der Waals surface area contributed by atoms with Gasteiger partial charge >= 0.3 is 11.9 Å². The molecule has 160 valence electrons. The number of fused-ring (bicyclic) bond motifs is 1. The van der Waals surface area contributed by atoms with Crippen LogP contribution < -0.4 is 0 Å². The highest BCUT2D eigenvalue weighted by Crippen LogP contribution is 2.33. The summed E-state index contributed by atoms with van der Waals surface area (Å²) in [7, 11) is 2.16. The minimum atomic E-state index is -1.82. The first-order valence-corrected chi connectivity index (χ1v) is 11.9. The van der Waals surface area contributed by atoms with Crippen LogP contribution in [-0.2, 0) is 16.1 Å². The summed E-state index contributed by atoms with van der Waals surface area (Å²) in [5, 5.41) is 17.5. The van der Waals surface area contributed by atoms with Crippen LogP contribution in [0, 0.1) is 11.8 Å². The molecule has 3 rings (SSSR count). The molecule has 0 unspecified atom stereocenters. The van der Waals surface area contributed by atoms with E-state index < -0.39 is 11.9 Å².